The predicted molar refractivity (Wildman–Crippen MR) is 171 cm³/mol. The molecule has 222 valence electrons. The van der Waals surface area contributed by atoms with Crippen LogP contribution in [-0.2, 0) is 21.0 Å². The summed E-state index contributed by atoms with van der Waals surface area (Å²) in [6.45, 7) is 0.434. The monoisotopic (exact) mass is 577 g/mol. The van der Waals surface area contributed by atoms with E-state index in [0.717, 1.165) is 33.2 Å². The lowest BCUT2D eigenvalue weighted by Gasteiger charge is -2.26. The molecule has 1 aliphatic rings. The Morgan fingerprint density at radius 1 is 0.907 bits per heavy atom. The van der Waals surface area contributed by atoms with Crippen LogP contribution in [0.25, 0.3) is 21.9 Å². The maximum absolute atomic E-state index is 11.5. The maximum atomic E-state index is 11.5. The first-order valence-electron chi connectivity index (χ1n) is 14.9. The number of fused-ring (bicyclic) bond motifs is 1. The first-order valence-corrected chi connectivity index (χ1v) is 14.9. The topological polar surface area (TPSA) is 88.4 Å². The minimum Gasteiger partial charge on any atom is -0.481 e. The Bertz CT molecular complexity index is 1540. The molecule has 4 aromatic carbocycles. The van der Waals surface area contributed by atoms with Crippen LogP contribution in [0.2, 0.25) is 0 Å². The Labute approximate surface area is 253 Å². The number of carbonyl (C=O) groups is 1. The van der Waals surface area contributed by atoms with Gasteiger partial charge in [0.2, 0.25) is 0 Å². The molecule has 0 unspecified atom stereocenters. The number of carboxylic acid groups (broad SMARTS) is 1. The second-order valence-electron chi connectivity index (χ2n) is 11.1. The van der Waals surface area contributed by atoms with Gasteiger partial charge in [-0.05, 0) is 52.6 Å². The van der Waals surface area contributed by atoms with Gasteiger partial charge in [-0.1, -0.05) is 114 Å². The second-order valence-corrected chi connectivity index (χ2v) is 11.1. The van der Waals surface area contributed by atoms with Crippen molar-refractivity contribution in [2.75, 3.05) is 7.11 Å². The molecule has 6 nitrogen and oxygen atoms in total. The Balaban J connectivity index is 1.38. The number of benzene rings is 4. The zero-order valence-electron chi connectivity index (χ0n) is 24.5. The summed E-state index contributed by atoms with van der Waals surface area (Å²) in [6, 6.07) is 33.0. The van der Waals surface area contributed by atoms with Crippen LogP contribution >= 0.6 is 0 Å². The van der Waals surface area contributed by atoms with Gasteiger partial charge in [-0.25, -0.2) is 0 Å². The number of nitrogens with zero attached hydrogens (tertiary/aromatic N) is 1. The SMILES string of the molecule is CON=C(c1cccc2ccccc12)[C@@H]1[C@@H](C/C=C\CCCC(=O)O)[C@@H](OCc2ccc(-c3ccccc3)cc2)C[C@H]1O. The zero-order valence-corrected chi connectivity index (χ0v) is 24.5. The molecule has 0 heterocycles. The third-order valence-electron chi connectivity index (χ3n) is 8.26. The van der Waals surface area contributed by atoms with E-state index in [4.69, 9.17) is 14.7 Å². The van der Waals surface area contributed by atoms with E-state index in [9.17, 15) is 9.90 Å². The number of aliphatic hydroxyl groups is 1. The van der Waals surface area contributed by atoms with Crippen molar-refractivity contribution < 1.29 is 24.6 Å². The Morgan fingerprint density at radius 2 is 1.63 bits per heavy atom. The fourth-order valence-corrected chi connectivity index (χ4v) is 6.16. The summed E-state index contributed by atoms with van der Waals surface area (Å²) in [7, 11) is 1.54. The van der Waals surface area contributed by atoms with Crippen molar-refractivity contribution in [1.82, 2.24) is 0 Å². The molecule has 1 fully saturated rings. The van der Waals surface area contributed by atoms with E-state index in [1.165, 1.54) is 12.7 Å². The average Bonchev–Trinajstić information content (AvgIpc) is 3.35. The van der Waals surface area contributed by atoms with Crippen LogP contribution in [0.4, 0.5) is 0 Å². The number of aliphatic carboxylic acids is 1. The molecule has 4 atom stereocenters. The molecule has 0 bridgehead atoms. The van der Waals surface area contributed by atoms with Crippen molar-refractivity contribution in [2.24, 2.45) is 17.0 Å². The molecule has 0 spiro atoms. The molecule has 4 aromatic rings. The Hall–Kier alpha value is -4.26. The molecule has 1 saturated carbocycles. The van der Waals surface area contributed by atoms with Gasteiger partial charge in [0, 0.05) is 24.3 Å². The molecule has 0 radical (unpaired) electrons. The molecule has 0 aromatic heterocycles. The van der Waals surface area contributed by atoms with Crippen LogP contribution in [-0.4, -0.2) is 41.2 Å². The van der Waals surface area contributed by atoms with Crippen molar-refractivity contribution in [3.8, 4) is 11.1 Å². The van der Waals surface area contributed by atoms with E-state index in [1.807, 2.05) is 48.5 Å². The summed E-state index contributed by atoms with van der Waals surface area (Å²) < 4.78 is 6.54. The Kier molecular flexibility index (Phi) is 10.4. The molecule has 0 saturated heterocycles. The molecule has 0 amide bonds. The summed E-state index contributed by atoms with van der Waals surface area (Å²) >= 11 is 0. The number of rotatable bonds is 13. The van der Waals surface area contributed by atoms with Gasteiger partial charge in [-0.3, -0.25) is 4.79 Å². The predicted octanol–water partition coefficient (Wildman–Crippen LogP) is 7.64. The number of hydrogen-bond donors (Lipinski definition) is 2. The van der Waals surface area contributed by atoms with E-state index >= 15 is 0 Å². The number of oxime groups is 1. The smallest absolute Gasteiger partial charge is 0.303 e. The third kappa shape index (κ3) is 7.58. The summed E-state index contributed by atoms with van der Waals surface area (Å²) in [5.41, 5.74) is 5.05. The van der Waals surface area contributed by atoms with Crippen LogP contribution in [0.15, 0.2) is 114 Å². The highest BCUT2D eigenvalue weighted by Gasteiger charge is 2.46. The summed E-state index contributed by atoms with van der Waals surface area (Å²) in [5, 5.41) is 27.1. The van der Waals surface area contributed by atoms with Crippen molar-refractivity contribution in [3.63, 3.8) is 0 Å². The molecule has 0 aliphatic heterocycles. The standard InChI is InChI=1S/C37H39NO5/c1-42-38-37(31-18-11-15-29-14-9-10-16-30(29)31)36-32(17-7-2-3-8-19-35(40)41)34(24-33(36)39)43-25-26-20-22-28(23-21-26)27-12-5-4-6-13-27/h2,4-7,9-16,18,20-23,32-34,36,39H,3,8,17,19,24-25H2,1H3,(H,40,41)/b7-2-,38-37?/t32-,33+,34-,36+/m0/s1. The lowest BCUT2D eigenvalue weighted by molar-refractivity contribution is -0.137. The summed E-state index contributed by atoms with van der Waals surface area (Å²) in [6.07, 6.45) is 5.85. The summed E-state index contributed by atoms with van der Waals surface area (Å²) in [4.78, 5) is 16.3. The number of carboxylic acids is 1. The minimum atomic E-state index is -0.784. The van der Waals surface area contributed by atoms with E-state index in [-0.39, 0.29) is 24.4 Å². The van der Waals surface area contributed by atoms with Gasteiger partial charge in [-0.15, -0.1) is 0 Å². The van der Waals surface area contributed by atoms with Gasteiger partial charge in [-0.2, -0.15) is 0 Å². The van der Waals surface area contributed by atoms with Crippen LogP contribution in [0.5, 0.6) is 0 Å². The highest BCUT2D eigenvalue weighted by molar-refractivity contribution is 6.12. The zero-order chi connectivity index (χ0) is 30.0. The van der Waals surface area contributed by atoms with Gasteiger partial charge in [0.25, 0.3) is 0 Å². The number of ether oxygens (including phenoxy) is 1. The third-order valence-corrected chi connectivity index (χ3v) is 8.26. The average molecular weight is 578 g/mol. The van der Waals surface area contributed by atoms with Crippen LogP contribution < -0.4 is 0 Å². The second kappa shape index (κ2) is 14.8. The van der Waals surface area contributed by atoms with E-state index < -0.39 is 12.1 Å². The Morgan fingerprint density at radius 3 is 2.40 bits per heavy atom. The van der Waals surface area contributed by atoms with Crippen molar-refractivity contribution >= 4 is 22.5 Å². The lowest BCUT2D eigenvalue weighted by atomic mass is 9.82. The van der Waals surface area contributed by atoms with Crippen LogP contribution in [0.1, 0.15) is 43.2 Å². The van der Waals surface area contributed by atoms with Gasteiger partial charge in [0.1, 0.15) is 7.11 Å². The first-order chi connectivity index (χ1) is 21.0. The first kappa shape index (κ1) is 30.2. The van der Waals surface area contributed by atoms with Crippen LogP contribution in [0.3, 0.4) is 0 Å². The quantitative estimate of drug-likeness (QED) is 0.0738. The number of unbranched alkanes of at least 4 members (excludes halogenated alkanes) is 1. The highest BCUT2D eigenvalue weighted by atomic mass is 16.6. The van der Waals surface area contributed by atoms with Gasteiger partial charge in [0.15, 0.2) is 0 Å². The largest absolute Gasteiger partial charge is 0.481 e. The summed E-state index contributed by atoms with van der Waals surface area (Å²) in [5.74, 6) is -1.14. The van der Waals surface area contributed by atoms with Crippen molar-refractivity contribution in [1.29, 1.82) is 0 Å². The fraction of sp³-hybridized carbons (Fsp3) is 0.297. The molecular formula is C37H39NO5. The fourth-order valence-electron chi connectivity index (χ4n) is 6.16. The van der Waals surface area contributed by atoms with Gasteiger partial charge >= 0.3 is 5.97 Å². The number of hydrogen-bond acceptors (Lipinski definition) is 5. The van der Waals surface area contributed by atoms with Gasteiger partial charge in [0.05, 0.1) is 24.5 Å². The molecule has 5 rings (SSSR count). The van der Waals surface area contributed by atoms with E-state index in [2.05, 4.69) is 65.8 Å². The number of allylic oxidation sites excluding steroid dienone is 2. The molecule has 1 aliphatic carbocycles. The van der Waals surface area contributed by atoms with Crippen molar-refractivity contribution in [2.45, 2.75) is 50.9 Å². The van der Waals surface area contributed by atoms with Crippen LogP contribution in [0, 0.1) is 11.8 Å². The maximum Gasteiger partial charge on any atom is 0.303 e. The van der Waals surface area contributed by atoms with E-state index in [0.29, 0.717) is 32.3 Å². The highest BCUT2D eigenvalue weighted by Crippen LogP contribution is 2.41. The molecular weight excluding hydrogens is 538 g/mol. The lowest BCUT2D eigenvalue weighted by Crippen LogP contribution is -2.31. The normalized spacial score (nSPS) is 20.6. The molecule has 6 heteroatoms. The van der Waals surface area contributed by atoms with Gasteiger partial charge < -0.3 is 19.8 Å². The molecule has 2 N–H and O–H groups in total. The van der Waals surface area contributed by atoms with Crippen molar-refractivity contribution in [3.05, 3.63) is 120 Å². The molecule has 43 heavy (non-hydrogen) atoms. The number of aliphatic hydroxyl groups excluding tert-OH is 1. The van der Waals surface area contributed by atoms with E-state index in [1.54, 1.807) is 0 Å². The minimum absolute atomic E-state index is 0.0535.